The molecule has 0 aliphatic rings. The van der Waals surface area contributed by atoms with Crippen molar-refractivity contribution in [3.8, 4) is 0 Å². The summed E-state index contributed by atoms with van der Waals surface area (Å²) >= 11 is 0. The van der Waals surface area contributed by atoms with Gasteiger partial charge in [0.05, 0.1) is 36.3 Å². The van der Waals surface area contributed by atoms with Crippen LogP contribution in [0.25, 0.3) is 0 Å². The lowest BCUT2D eigenvalue weighted by molar-refractivity contribution is -0.383. The summed E-state index contributed by atoms with van der Waals surface area (Å²) in [4.78, 5) is 11.0. The first kappa shape index (κ1) is 28.5. The second-order valence-corrected chi connectivity index (χ2v) is 14.3. The highest BCUT2D eigenvalue weighted by Crippen LogP contribution is 2.50. The van der Waals surface area contributed by atoms with Crippen molar-refractivity contribution in [3.05, 3.63) is 100 Å². The Morgan fingerprint density at radius 2 is 1.35 bits per heavy atom. The summed E-state index contributed by atoms with van der Waals surface area (Å²) in [5.41, 5.74) is 0.293. The Labute approximate surface area is 215 Å². The molecule has 0 bridgehead atoms. The van der Waals surface area contributed by atoms with E-state index >= 15 is 0 Å². The van der Waals surface area contributed by atoms with Gasteiger partial charge < -0.3 is 9.26 Å². The molecule has 0 aliphatic carbocycles. The van der Waals surface area contributed by atoms with Crippen molar-refractivity contribution in [3.63, 3.8) is 0 Å². The Kier molecular flexibility index (Phi) is 8.88. The monoisotopic (exact) mass is 568 g/mol. The van der Waals surface area contributed by atoms with E-state index in [0.717, 1.165) is 23.8 Å². The van der Waals surface area contributed by atoms with Crippen molar-refractivity contribution in [1.29, 1.82) is 0 Å². The van der Waals surface area contributed by atoms with Crippen LogP contribution in [0.1, 0.15) is 11.1 Å². The molecule has 0 saturated carbocycles. The maximum Gasteiger partial charge on any atom is 0.282 e. The van der Waals surface area contributed by atoms with Crippen LogP contribution < -0.4 is 9.02 Å². The van der Waals surface area contributed by atoms with Crippen LogP contribution in [0.5, 0.6) is 0 Å². The summed E-state index contributed by atoms with van der Waals surface area (Å²) in [6.07, 6.45) is 0.754. The molecule has 0 aromatic heterocycles. The second-order valence-electron chi connectivity index (χ2n) is 8.05. The molecular formula is C23H25N2O9PS2. The van der Waals surface area contributed by atoms with Gasteiger partial charge in [0.25, 0.3) is 13.1 Å². The number of hydrogen-bond acceptors (Lipinski definition) is 9. The predicted molar refractivity (Wildman–Crippen MR) is 140 cm³/mol. The van der Waals surface area contributed by atoms with Gasteiger partial charge in [0.2, 0.25) is 20.0 Å². The molecule has 0 spiro atoms. The third-order valence-electron chi connectivity index (χ3n) is 4.99. The van der Waals surface area contributed by atoms with E-state index in [2.05, 4.69) is 0 Å². The number of rotatable bonds is 12. The highest BCUT2D eigenvalue weighted by molar-refractivity contribution is 8.09. The first-order valence-electron chi connectivity index (χ1n) is 10.7. The molecule has 0 saturated heterocycles. The number of hydrogen-bond donors (Lipinski definition) is 0. The summed E-state index contributed by atoms with van der Waals surface area (Å²) in [5.74, 6) is 0. The maximum absolute atomic E-state index is 14.2. The standard InChI is InChI=1S/C23H25N2O9PS2/c1-36(29,30)25(37(2,31)32)21-13-14-22(24(26)27)23(15-21)35(28,34-17-20-11-7-4-8-12-20)18-33-16-19-9-5-3-6-10-19/h3-15H,16-18H2,1-2H3. The molecular weight excluding hydrogens is 543 g/mol. The van der Waals surface area contributed by atoms with Gasteiger partial charge in [-0.05, 0) is 23.3 Å². The molecule has 0 amide bonds. The van der Waals surface area contributed by atoms with Crippen LogP contribution in [-0.2, 0) is 47.1 Å². The molecule has 0 fully saturated rings. The van der Waals surface area contributed by atoms with Crippen molar-refractivity contribution in [1.82, 2.24) is 0 Å². The predicted octanol–water partition coefficient (Wildman–Crippen LogP) is 3.61. The van der Waals surface area contributed by atoms with Gasteiger partial charge in [0.1, 0.15) is 11.7 Å². The van der Waals surface area contributed by atoms with E-state index in [4.69, 9.17) is 9.26 Å². The molecule has 3 aromatic rings. The van der Waals surface area contributed by atoms with Crippen molar-refractivity contribution in [2.45, 2.75) is 13.2 Å². The van der Waals surface area contributed by atoms with Gasteiger partial charge in [-0.1, -0.05) is 60.7 Å². The fourth-order valence-electron chi connectivity index (χ4n) is 3.47. The van der Waals surface area contributed by atoms with Crippen LogP contribution in [0.2, 0.25) is 0 Å². The van der Waals surface area contributed by atoms with Crippen LogP contribution in [0.15, 0.2) is 78.9 Å². The largest absolute Gasteiger partial charge is 0.366 e. The van der Waals surface area contributed by atoms with Gasteiger partial charge in [-0.3, -0.25) is 14.7 Å². The number of nitrogens with zero attached hydrogens (tertiary/aromatic N) is 2. The average Bonchev–Trinajstić information content (AvgIpc) is 2.82. The zero-order valence-electron chi connectivity index (χ0n) is 20.0. The molecule has 1 atom stereocenters. The number of sulfonamides is 2. The van der Waals surface area contributed by atoms with Crippen molar-refractivity contribution >= 4 is 44.1 Å². The molecule has 0 N–H and O–H groups in total. The average molecular weight is 569 g/mol. The lowest BCUT2D eigenvalue weighted by Gasteiger charge is -2.23. The van der Waals surface area contributed by atoms with Gasteiger partial charge in [0, 0.05) is 6.07 Å². The van der Waals surface area contributed by atoms with Crippen molar-refractivity contribution in [2.24, 2.45) is 0 Å². The van der Waals surface area contributed by atoms with Crippen LogP contribution >= 0.6 is 7.37 Å². The molecule has 3 aromatic carbocycles. The molecule has 0 heterocycles. The minimum Gasteiger partial charge on any atom is -0.366 e. The van der Waals surface area contributed by atoms with Gasteiger partial charge in [-0.25, -0.2) is 16.8 Å². The third kappa shape index (κ3) is 7.46. The summed E-state index contributed by atoms with van der Waals surface area (Å²) in [6.45, 7) is -0.179. The lowest BCUT2D eigenvalue weighted by Crippen LogP contribution is -2.35. The van der Waals surface area contributed by atoms with Crippen LogP contribution in [0.4, 0.5) is 11.4 Å². The topological polar surface area (TPSA) is 150 Å². The molecule has 0 aliphatic heterocycles. The van der Waals surface area contributed by atoms with E-state index in [1.165, 1.54) is 0 Å². The highest BCUT2D eigenvalue weighted by Gasteiger charge is 2.37. The molecule has 11 nitrogen and oxygen atoms in total. The summed E-state index contributed by atoms with van der Waals surface area (Å²) in [7, 11) is -12.9. The van der Waals surface area contributed by atoms with Crippen molar-refractivity contribution in [2.75, 3.05) is 22.6 Å². The van der Waals surface area contributed by atoms with E-state index in [0.29, 0.717) is 18.1 Å². The van der Waals surface area contributed by atoms with E-state index < -0.39 is 55.4 Å². The van der Waals surface area contributed by atoms with Crippen LogP contribution in [-0.4, -0.2) is 40.6 Å². The number of nitro groups is 1. The minimum atomic E-state index is -4.37. The normalized spacial score (nSPS) is 13.6. The molecule has 0 radical (unpaired) electrons. The first-order valence-corrected chi connectivity index (χ1v) is 16.2. The van der Waals surface area contributed by atoms with E-state index in [-0.39, 0.29) is 16.9 Å². The fourth-order valence-corrected chi connectivity index (χ4v) is 8.31. The molecule has 3 rings (SSSR count). The third-order valence-corrected chi connectivity index (χ3v) is 10.4. The lowest BCUT2D eigenvalue weighted by atomic mass is 10.2. The summed E-state index contributed by atoms with van der Waals surface area (Å²) in [5, 5.41) is 11.4. The highest BCUT2D eigenvalue weighted by atomic mass is 32.3. The fraction of sp³-hybridized carbons (Fsp3) is 0.217. The zero-order valence-corrected chi connectivity index (χ0v) is 22.5. The number of benzene rings is 3. The van der Waals surface area contributed by atoms with Crippen molar-refractivity contribution < 1.29 is 35.6 Å². The van der Waals surface area contributed by atoms with Crippen LogP contribution in [0.3, 0.4) is 0 Å². The molecule has 198 valence electrons. The summed E-state index contributed by atoms with van der Waals surface area (Å²) < 4.78 is 74.8. The number of anilines is 1. The van der Waals surface area contributed by atoms with Gasteiger partial charge in [0.15, 0.2) is 0 Å². The smallest absolute Gasteiger partial charge is 0.282 e. The van der Waals surface area contributed by atoms with Crippen LogP contribution in [0, 0.1) is 10.1 Å². The second kappa shape index (κ2) is 11.5. The Balaban J connectivity index is 2.10. The van der Waals surface area contributed by atoms with Gasteiger partial charge in [-0.2, -0.15) is 3.71 Å². The Hall–Kier alpha value is -3.09. The van der Waals surface area contributed by atoms with Gasteiger partial charge in [-0.15, -0.1) is 0 Å². The zero-order chi connectivity index (χ0) is 27.3. The Morgan fingerprint density at radius 3 is 1.84 bits per heavy atom. The SMILES string of the molecule is CS(=O)(=O)N(c1ccc([N+](=O)[O-])c(P(=O)(COCc2ccccc2)OCc2ccccc2)c1)S(C)(=O)=O. The Morgan fingerprint density at radius 1 is 0.838 bits per heavy atom. The maximum atomic E-state index is 14.2. The first-order chi connectivity index (χ1) is 17.3. The van der Waals surface area contributed by atoms with E-state index in [9.17, 15) is 31.5 Å². The number of nitro benzene ring substituents is 1. The van der Waals surface area contributed by atoms with E-state index in [1.54, 1.807) is 54.6 Å². The summed E-state index contributed by atoms with van der Waals surface area (Å²) in [6, 6.07) is 20.3. The van der Waals surface area contributed by atoms with Gasteiger partial charge >= 0.3 is 0 Å². The molecule has 14 heteroatoms. The quantitative estimate of drug-likeness (QED) is 0.181. The molecule has 37 heavy (non-hydrogen) atoms. The number of ether oxygens (including phenoxy) is 1. The molecule has 1 unspecified atom stereocenters. The van der Waals surface area contributed by atoms with E-state index in [1.807, 2.05) is 6.07 Å². The minimum absolute atomic E-state index is 0.0197. The Bertz CT molecular complexity index is 1480.